The minimum atomic E-state index is -3.91. The molecule has 1 aromatic heterocycles. The molecule has 4 amide bonds. The molecule has 0 bridgehead atoms. The van der Waals surface area contributed by atoms with Crippen molar-refractivity contribution in [1.29, 1.82) is 0 Å². The molecule has 4 N–H and O–H groups in total. The summed E-state index contributed by atoms with van der Waals surface area (Å²) in [6, 6.07) is 9.98. The molecule has 3 aliphatic rings. The summed E-state index contributed by atoms with van der Waals surface area (Å²) in [6.07, 6.45) is 3.35. The summed E-state index contributed by atoms with van der Waals surface area (Å²) in [7, 11) is -2.39. The zero-order valence-corrected chi connectivity index (χ0v) is 34.8. The first kappa shape index (κ1) is 41.7. The second-order valence-corrected chi connectivity index (χ2v) is 19.6. The van der Waals surface area contributed by atoms with Gasteiger partial charge >= 0.3 is 0 Å². The van der Waals surface area contributed by atoms with Crippen LogP contribution in [0.25, 0.3) is 10.8 Å². The predicted octanol–water partition coefficient (Wildman–Crippen LogP) is 4.97. The zero-order chi connectivity index (χ0) is 41.7. The van der Waals surface area contributed by atoms with E-state index in [2.05, 4.69) is 32.2 Å². The predicted molar refractivity (Wildman–Crippen MR) is 218 cm³/mol. The highest BCUT2D eigenvalue weighted by Crippen LogP contribution is 2.46. The van der Waals surface area contributed by atoms with Crippen molar-refractivity contribution in [3.05, 3.63) is 71.9 Å². The topological polar surface area (TPSA) is 185 Å². The SMILES string of the molecule is C=C[C@@H]1C[C@]1(NC(=O)[C@@H]1C[C@@H](Oc2ncc(OC)c3ccc(Cl)cc23)CN1C(=O)[C@H](Nc1cccc(C(=O)NC(C)(C)C)c1)C(C)(C)C)C(=O)NS(=O)(=O)C1CC1. The molecule has 2 aromatic carbocycles. The van der Waals surface area contributed by atoms with E-state index in [0.29, 0.717) is 45.6 Å². The largest absolute Gasteiger partial charge is 0.494 e. The van der Waals surface area contributed by atoms with Crippen LogP contribution in [0.1, 0.15) is 77.6 Å². The van der Waals surface area contributed by atoms with Gasteiger partial charge in [0.1, 0.15) is 29.5 Å². The van der Waals surface area contributed by atoms with Crippen molar-refractivity contribution in [3.63, 3.8) is 0 Å². The molecule has 0 spiro atoms. The Hall–Kier alpha value is -4.89. The molecule has 3 aromatic rings. The molecule has 0 radical (unpaired) electrons. The Labute approximate surface area is 338 Å². The first-order valence-corrected chi connectivity index (χ1v) is 20.9. The van der Waals surface area contributed by atoms with Crippen LogP contribution in [-0.2, 0) is 24.4 Å². The van der Waals surface area contributed by atoms with Crippen LogP contribution in [0.5, 0.6) is 11.6 Å². The molecule has 2 heterocycles. The van der Waals surface area contributed by atoms with E-state index in [1.807, 2.05) is 41.5 Å². The Morgan fingerprint density at radius 3 is 2.39 bits per heavy atom. The number of anilines is 1. The highest BCUT2D eigenvalue weighted by Gasteiger charge is 2.62. The molecule has 6 rings (SSSR count). The molecule has 3 fully saturated rings. The number of aromatic nitrogens is 1. The van der Waals surface area contributed by atoms with Crippen LogP contribution in [-0.4, -0.2) is 90.1 Å². The molecular formula is C41H51ClN6O8S. The minimum Gasteiger partial charge on any atom is -0.494 e. The fourth-order valence-corrected chi connectivity index (χ4v) is 8.65. The molecule has 306 valence electrons. The number of sulfonamides is 1. The second-order valence-electron chi connectivity index (χ2n) is 17.2. The number of ether oxygens (including phenoxy) is 2. The Bertz CT molecular complexity index is 2220. The third-order valence-electron chi connectivity index (χ3n) is 10.4. The van der Waals surface area contributed by atoms with Crippen molar-refractivity contribution in [2.24, 2.45) is 11.3 Å². The molecule has 5 atom stereocenters. The molecule has 57 heavy (non-hydrogen) atoms. The summed E-state index contributed by atoms with van der Waals surface area (Å²) in [5.74, 6) is -2.00. The van der Waals surface area contributed by atoms with Crippen LogP contribution >= 0.6 is 11.6 Å². The van der Waals surface area contributed by atoms with Crippen molar-refractivity contribution in [3.8, 4) is 11.6 Å². The van der Waals surface area contributed by atoms with E-state index < -0.39 is 73.6 Å². The first-order chi connectivity index (χ1) is 26.7. The van der Waals surface area contributed by atoms with Crippen molar-refractivity contribution in [2.45, 2.75) is 102 Å². The number of methoxy groups -OCH3 is 1. The standard InChI is InChI=1S/C41H51ClN6O8S/c1-9-24-20-41(24,38(52)47-57(53,54)28-14-15-28)46-35(50)31-19-27(56-36-30-18-25(42)13-16-29(30)32(55-8)21-43-36)22-48(31)37(51)33(39(2,3)4)44-26-12-10-11-23(17-26)34(49)45-40(5,6)7/h9-13,16-18,21,24,27-28,31,33,44H,1,14-15,19-20,22H2,2-8H3,(H,45,49)(H,46,50)(H,47,52)/t24-,27-,31+,33+,41-/m1/s1. The zero-order valence-electron chi connectivity index (χ0n) is 33.3. The van der Waals surface area contributed by atoms with Gasteiger partial charge in [0.15, 0.2) is 0 Å². The number of amides is 4. The van der Waals surface area contributed by atoms with E-state index in [-0.39, 0.29) is 31.2 Å². The number of carbonyl (C=O) groups excluding carboxylic acids is 4. The van der Waals surface area contributed by atoms with Gasteiger partial charge in [0.05, 0.1) is 25.1 Å². The Morgan fingerprint density at radius 2 is 1.77 bits per heavy atom. The summed E-state index contributed by atoms with van der Waals surface area (Å²) in [5, 5.41) is 10.2. The molecule has 2 saturated carbocycles. The second kappa shape index (κ2) is 15.5. The fourth-order valence-electron chi connectivity index (χ4n) is 7.12. The lowest BCUT2D eigenvalue weighted by Gasteiger charge is -2.36. The van der Waals surface area contributed by atoms with E-state index in [0.717, 1.165) is 0 Å². The number of fused-ring (bicyclic) bond motifs is 1. The van der Waals surface area contributed by atoms with Gasteiger partial charge in [-0.2, -0.15) is 0 Å². The van der Waals surface area contributed by atoms with Gasteiger partial charge < -0.3 is 30.3 Å². The van der Waals surface area contributed by atoms with Crippen LogP contribution in [0, 0.1) is 11.3 Å². The number of carbonyl (C=O) groups is 4. The molecule has 16 heteroatoms. The Balaban J connectivity index is 1.32. The number of halogens is 1. The molecule has 1 aliphatic heterocycles. The number of rotatable bonds is 13. The minimum absolute atomic E-state index is 0.0174. The van der Waals surface area contributed by atoms with Gasteiger partial charge in [-0.05, 0) is 81.8 Å². The molecule has 2 aliphatic carbocycles. The average Bonchev–Trinajstić information content (AvgIpc) is 4.06. The number of pyridine rings is 1. The first-order valence-electron chi connectivity index (χ1n) is 18.9. The van der Waals surface area contributed by atoms with Crippen LogP contribution in [0.15, 0.2) is 61.3 Å². The fraction of sp³-hybridized carbons (Fsp3) is 0.488. The van der Waals surface area contributed by atoms with Gasteiger partial charge in [-0.25, -0.2) is 13.4 Å². The third kappa shape index (κ3) is 9.14. The number of hydrogen-bond donors (Lipinski definition) is 4. The summed E-state index contributed by atoms with van der Waals surface area (Å²) in [4.78, 5) is 61.9. The van der Waals surface area contributed by atoms with E-state index in [1.165, 1.54) is 24.3 Å². The lowest BCUT2D eigenvalue weighted by Crippen LogP contribution is -2.58. The normalized spacial score (nSPS) is 22.6. The van der Waals surface area contributed by atoms with E-state index in [4.69, 9.17) is 21.1 Å². The average molecular weight is 823 g/mol. The molecule has 0 unspecified atom stereocenters. The number of nitrogens with zero attached hydrogens (tertiary/aromatic N) is 2. The third-order valence-corrected chi connectivity index (χ3v) is 12.5. The lowest BCUT2D eigenvalue weighted by atomic mass is 9.85. The van der Waals surface area contributed by atoms with Gasteiger partial charge in [-0.15, -0.1) is 6.58 Å². The van der Waals surface area contributed by atoms with Crippen LogP contribution in [0.3, 0.4) is 0 Å². The number of likely N-dealkylation sites (tertiary alicyclic amines) is 1. The van der Waals surface area contributed by atoms with Crippen LogP contribution in [0.4, 0.5) is 5.69 Å². The maximum atomic E-state index is 14.9. The molecule has 1 saturated heterocycles. The van der Waals surface area contributed by atoms with Gasteiger partial charge in [0, 0.05) is 44.9 Å². The van der Waals surface area contributed by atoms with Crippen molar-refractivity contribution >= 4 is 61.7 Å². The van der Waals surface area contributed by atoms with E-state index >= 15 is 0 Å². The van der Waals surface area contributed by atoms with Crippen molar-refractivity contribution < 1.29 is 37.1 Å². The number of hydrogen-bond acceptors (Lipinski definition) is 10. The van der Waals surface area contributed by atoms with Gasteiger partial charge in [-0.3, -0.25) is 23.9 Å². The highest BCUT2D eigenvalue weighted by atomic mass is 35.5. The molecule has 14 nitrogen and oxygen atoms in total. The van der Waals surface area contributed by atoms with Crippen LogP contribution < -0.4 is 30.1 Å². The summed E-state index contributed by atoms with van der Waals surface area (Å²) in [5.41, 5.74) is -1.83. The summed E-state index contributed by atoms with van der Waals surface area (Å²) >= 11 is 6.37. The monoisotopic (exact) mass is 822 g/mol. The number of nitrogens with one attached hydrogen (secondary N) is 4. The van der Waals surface area contributed by atoms with Crippen molar-refractivity contribution in [1.82, 2.24) is 25.2 Å². The quantitative estimate of drug-likeness (QED) is 0.172. The Kier molecular flexibility index (Phi) is 11.3. The smallest absolute Gasteiger partial charge is 0.259 e. The summed E-state index contributed by atoms with van der Waals surface area (Å²) < 4.78 is 39.7. The van der Waals surface area contributed by atoms with Gasteiger partial charge in [-0.1, -0.05) is 44.5 Å². The summed E-state index contributed by atoms with van der Waals surface area (Å²) in [6.45, 7) is 15.1. The lowest BCUT2D eigenvalue weighted by molar-refractivity contribution is -0.141. The van der Waals surface area contributed by atoms with Gasteiger partial charge in [0.25, 0.3) is 11.8 Å². The Morgan fingerprint density at radius 1 is 1.05 bits per heavy atom. The van der Waals surface area contributed by atoms with E-state index in [9.17, 15) is 27.6 Å². The van der Waals surface area contributed by atoms with E-state index in [1.54, 1.807) is 42.5 Å². The molecular weight excluding hydrogens is 772 g/mol. The highest BCUT2D eigenvalue weighted by molar-refractivity contribution is 7.91. The number of benzene rings is 2. The maximum Gasteiger partial charge on any atom is 0.259 e. The van der Waals surface area contributed by atoms with Crippen LogP contribution in [0.2, 0.25) is 5.02 Å². The van der Waals surface area contributed by atoms with Crippen molar-refractivity contribution in [2.75, 3.05) is 19.0 Å². The van der Waals surface area contributed by atoms with Gasteiger partial charge in [0.2, 0.25) is 27.7 Å². The maximum absolute atomic E-state index is 14.9.